The molecule has 0 unspecified atom stereocenters. The highest BCUT2D eigenvalue weighted by Gasteiger charge is 2.14. The highest BCUT2D eigenvalue weighted by Crippen LogP contribution is 2.18. The van der Waals surface area contributed by atoms with Gasteiger partial charge in [-0.25, -0.2) is 9.78 Å². The molecule has 0 saturated carbocycles. The minimum absolute atomic E-state index is 0.188. The van der Waals surface area contributed by atoms with E-state index < -0.39 is 17.2 Å². The van der Waals surface area contributed by atoms with E-state index in [-0.39, 0.29) is 17.9 Å². The molecule has 4 rings (SSSR count). The summed E-state index contributed by atoms with van der Waals surface area (Å²) >= 11 is 0. The average Bonchev–Trinajstić information content (AvgIpc) is 3.13. The monoisotopic (exact) mass is 376 g/mol. The fourth-order valence-electron chi connectivity index (χ4n) is 2.93. The van der Waals surface area contributed by atoms with Gasteiger partial charge in [0.05, 0.1) is 11.0 Å². The van der Waals surface area contributed by atoms with Crippen LogP contribution in [0.4, 0.5) is 5.69 Å². The van der Waals surface area contributed by atoms with E-state index in [1.54, 1.807) is 6.33 Å². The Morgan fingerprint density at radius 2 is 1.93 bits per heavy atom. The number of hydrogen-bond acceptors (Lipinski definition) is 5. The Labute approximate surface area is 157 Å². The molecule has 9 heteroatoms. The largest absolute Gasteiger partial charge is 0.392 e. The topological polar surface area (TPSA) is 139 Å². The van der Waals surface area contributed by atoms with Gasteiger partial charge in [-0.1, -0.05) is 24.3 Å². The van der Waals surface area contributed by atoms with Gasteiger partial charge in [0.25, 0.3) is 11.5 Å². The molecule has 0 radical (unpaired) electrons. The van der Waals surface area contributed by atoms with Gasteiger partial charge in [-0.05, 0) is 29.8 Å². The summed E-state index contributed by atoms with van der Waals surface area (Å²) in [4.78, 5) is 43.8. The minimum atomic E-state index is -0.803. The SMILES string of the molecule is Nc1c(C(=O)NCc2cccc(-n3cnc4ccccc43)c2)[nH]c(=O)[nH]c1=O. The number of benzene rings is 2. The molecule has 9 nitrogen and oxygen atoms in total. The summed E-state index contributed by atoms with van der Waals surface area (Å²) in [6.07, 6.45) is 1.74. The van der Waals surface area contributed by atoms with Crippen molar-refractivity contribution >= 4 is 22.6 Å². The van der Waals surface area contributed by atoms with E-state index in [0.717, 1.165) is 22.3 Å². The lowest BCUT2D eigenvalue weighted by atomic mass is 10.2. The summed E-state index contributed by atoms with van der Waals surface area (Å²) in [6.45, 7) is 0.188. The zero-order chi connectivity index (χ0) is 19.7. The minimum Gasteiger partial charge on any atom is -0.392 e. The second-order valence-electron chi connectivity index (χ2n) is 6.15. The molecule has 0 atom stereocenters. The fourth-order valence-corrected chi connectivity index (χ4v) is 2.93. The smallest absolute Gasteiger partial charge is 0.326 e. The number of carbonyl (C=O) groups is 1. The molecule has 140 valence electrons. The molecular weight excluding hydrogens is 360 g/mol. The first-order chi connectivity index (χ1) is 13.5. The summed E-state index contributed by atoms with van der Waals surface area (Å²) in [6, 6.07) is 15.4. The highest BCUT2D eigenvalue weighted by atomic mass is 16.2. The van der Waals surface area contributed by atoms with E-state index in [1.807, 2.05) is 58.1 Å². The summed E-state index contributed by atoms with van der Waals surface area (Å²) in [7, 11) is 0. The highest BCUT2D eigenvalue weighted by molar-refractivity contribution is 5.96. The number of nitrogens with one attached hydrogen (secondary N) is 3. The number of nitrogens with two attached hydrogens (primary N) is 1. The number of nitrogens with zero attached hydrogens (tertiary/aromatic N) is 2. The number of imidazole rings is 1. The van der Waals surface area contributed by atoms with Crippen molar-refractivity contribution in [1.82, 2.24) is 24.8 Å². The van der Waals surface area contributed by atoms with Crippen molar-refractivity contribution in [2.45, 2.75) is 6.54 Å². The number of H-pyrrole nitrogens is 2. The molecule has 0 aliphatic carbocycles. The summed E-state index contributed by atoms with van der Waals surface area (Å²) in [5.41, 5.74) is 6.96. The molecule has 0 saturated heterocycles. The third-order valence-electron chi connectivity index (χ3n) is 4.30. The van der Waals surface area contributed by atoms with E-state index >= 15 is 0 Å². The van der Waals surface area contributed by atoms with E-state index in [9.17, 15) is 14.4 Å². The van der Waals surface area contributed by atoms with Crippen LogP contribution in [0.25, 0.3) is 16.7 Å². The molecule has 2 heterocycles. The van der Waals surface area contributed by atoms with Crippen LogP contribution in [-0.2, 0) is 6.54 Å². The van der Waals surface area contributed by atoms with Gasteiger partial charge in [-0.3, -0.25) is 19.1 Å². The van der Waals surface area contributed by atoms with Crippen LogP contribution >= 0.6 is 0 Å². The standard InChI is InChI=1S/C19H16N6O3/c20-15-16(23-19(28)24-17(15)26)18(27)21-9-11-4-3-5-12(8-11)25-10-22-13-6-1-2-7-14(13)25/h1-8,10H,9,20H2,(H,21,27)(H2,23,24,26,28). The van der Waals surface area contributed by atoms with E-state index in [4.69, 9.17) is 5.73 Å². The van der Waals surface area contributed by atoms with Gasteiger partial charge >= 0.3 is 5.69 Å². The first kappa shape index (κ1) is 17.3. The molecule has 28 heavy (non-hydrogen) atoms. The average molecular weight is 376 g/mol. The number of carbonyl (C=O) groups excluding carboxylic acids is 1. The van der Waals surface area contributed by atoms with Crippen molar-refractivity contribution in [2.24, 2.45) is 0 Å². The van der Waals surface area contributed by atoms with Gasteiger partial charge in [-0.15, -0.1) is 0 Å². The van der Waals surface area contributed by atoms with Crippen LogP contribution in [0, 0.1) is 0 Å². The van der Waals surface area contributed by atoms with E-state index in [2.05, 4.69) is 15.3 Å². The number of anilines is 1. The van der Waals surface area contributed by atoms with Gasteiger partial charge in [0.2, 0.25) is 0 Å². The Balaban J connectivity index is 1.57. The Hall–Kier alpha value is -4.14. The van der Waals surface area contributed by atoms with Crippen molar-refractivity contribution in [3.8, 4) is 5.69 Å². The summed E-state index contributed by atoms with van der Waals surface area (Å²) < 4.78 is 1.95. The van der Waals surface area contributed by atoms with Crippen molar-refractivity contribution in [2.75, 3.05) is 5.73 Å². The first-order valence-electron chi connectivity index (χ1n) is 8.44. The van der Waals surface area contributed by atoms with Crippen LogP contribution in [0.5, 0.6) is 0 Å². The molecule has 5 N–H and O–H groups in total. The number of para-hydroxylation sites is 2. The summed E-state index contributed by atoms with van der Waals surface area (Å²) in [5, 5.41) is 2.65. The van der Waals surface area contributed by atoms with Crippen molar-refractivity contribution < 1.29 is 4.79 Å². The molecule has 0 bridgehead atoms. The van der Waals surface area contributed by atoms with Gasteiger partial charge in [0, 0.05) is 12.2 Å². The van der Waals surface area contributed by atoms with Crippen LogP contribution < -0.4 is 22.3 Å². The zero-order valence-corrected chi connectivity index (χ0v) is 14.6. The quantitative estimate of drug-likeness (QED) is 0.419. The van der Waals surface area contributed by atoms with E-state index in [1.165, 1.54) is 0 Å². The second-order valence-corrected chi connectivity index (χ2v) is 6.15. The van der Waals surface area contributed by atoms with Crippen LogP contribution in [-0.4, -0.2) is 25.4 Å². The van der Waals surface area contributed by atoms with E-state index in [0.29, 0.717) is 0 Å². The van der Waals surface area contributed by atoms with Crippen molar-refractivity contribution in [3.05, 3.63) is 87.0 Å². The lowest BCUT2D eigenvalue weighted by molar-refractivity contribution is 0.0946. The van der Waals surface area contributed by atoms with Crippen LogP contribution in [0.15, 0.2) is 64.4 Å². The zero-order valence-electron chi connectivity index (χ0n) is 14.6. The fraction of sp³-hybridized carbons (Fsp3) is 0.0526. The number of aromatic nitrogens is 4. The lowest BCUT2D eigenvalue weighted by Crippen LogP contribution is -2.33. The van der Waals surface area contributed by atoms with Crippen LogP contribution in [0.2, 0.25) is 0 Å². The molecule has 2 aromatic heterocycles. The Kier molecular flexibility index (Phi) is 4.24. The normalized spacial score (nSPS) is 10.9. The first-order valence-corrected chi connectivity index (χ1v) is 8.44. The molecule has 0 aliphatic rings. The van der Waals surface area contributed by atoms with Crippen molar-refractivity contribution in [3.63, 3.8) is 0 Å². The number of nitrogen functional groups attached to an aromatic ring is 1. The molecule has 0 aliphatic heterocycles. The van der Waals surface area contributed by atoms with Crippen LogP contribution in [0.3, 0.4) is 0 Å². The van der Waals surface area contributed by atoms with Crippen molar-refractivity contribution in [1.29, 1.82) is 0 Å². The maximum Gasteiger partial charge on any atom is 0.326 e. The predicted molar refractivity (Wildman–Crippen MR) is 104 cm³/mol. The third-order valence-corrected chi connectivity index (χ3v) is 4.30. The molecule has 4 aromatic rings. The lowest BCUT2D eigenvalue weighted by Gasteiger charge is -2.09. The molecule has 2 aromatic carbocycles. The number of aromatic amines is 2. The molecular formula is C19H16N6O3. The molecule has 0 spiro atoms. The number of hydrogen-bond donors (Lipinski definition) is 4. The third kappa shape index (κ3) is 3.16. The Morgan fingerprint density at radius 1 is 1.11 bits per heavy atom. The Morgan fingerprint density at radius 3 is 2.79 bits per heavy atom. The van der Waals surface area contributed by atoms with Gasteiger partial charge < -0.3 is 16.0 Å². The van der Waals surface area contributed by atoms with Crippen LogP contribution in [0.1, 0.15) is 16.1 Å². The van der Waals surface area contributed by atoms with Gasteiger partial charge in [-0.2, -0.15) is 0 Å². The number of rotatable bonds is 4. The number of fused-ring (bicyclic) bond motifs is 1. The number of amides is 1. The van der Waals surface area contributed by atoms with Gasteiger partial charge in [0.15, 0.2) is 0 Å². The molecule has 1 amide bonds. The molecule has 0 fully saturated rings. The summed E-state index contributed by atoms with van der Waals surface area (Å²) in [5.74, 6) is -0.640. The predicted octanol–water partition coefficient (Wildman–Crippen LogP) is 0.914. The Bertz CT molecular complexity index is 1300. The van der Waals surface area contributed by atoms with Gasteiger partial charge in [0.1, 0.15) is 17.7 Å². The maximum absolute atomic E-state index is 12.3. The maximum atomic E-state index is 12.3. The second kappa shape index (κ2) is 6.88.